The van der Waals surface area contributed by atoms with Crippen molar-refractivity contribution >= 4 is 263 Å². The quantitative estimate of drug-likeness (QED) is 0.00642. The molecule has 23 nitrogen and oxygen atoms in total. The molecule has 0 saturated carbocycles. The number of hydrogen-bond donors (Lipinski definition) is 11. The van der Waals surface area contributed by atoms with Gasteiger partial charge in [0.15, 0.2) is 0 Å². The number of rotatable bonds is 20. The third-order valence-electron chi connectivity index (χ3n) is 20.3. The van der Waals surface area contributed by atoms with Crippen molar-refractivity contribution < 1.29 is 88.8 Å². The minimum atomic E-state index is -3.44. The molecule has 6 heterocycles. The van der Waals surface area contributed by atoms with Crippen molar-refractivity contribution in [3.63, 3.8) is 0 Å². The first-order chi connectivity index (χ1) is 59.0. The molecule has 2 amide bonds. The van der Waals surface area contributed by atoms with E-state index in [-0.39, 0.29) is 171 Å². The summed E-state index contributed by atoms with van der Waals surface area (Å²) in [5.41, 5.74) is 11.8. The number of halogens is 5. The fourth-order valence-corrected chi connectivity index (χ4v) is 22.4. The molecule has 6 atom stereocenters. The van der Waals surface area contributed by atoms with Crippen molar-refractivity contribution in [1.29, 1.82) is 0 Å². The van der Waals surface area contributed by atoms with Gasteiger partial charge >= 0.3 is 453 Å². The zero-order valence-electron chi connectivity index (χ0n) is 67.9. The zero-order chi connectivity index (χ0) is 87.1. The Morgan fingerprint density at radius 3 is 1.13 bits per heavy atom. The normalized spacial score (nSPS) is 17.9. The maximum Gasteiger partial charge on any atom is 0 e. The van der Waals surface area contributed by atoms with E-state index in [0.717, 1.165) is 88.4 Å². The van der Waals surface area contributed by atoms with Crippen molar-refractivity contribution in [2.24, 2.45) is 0 Å². The van der Waals surface area contributed by atoms with Gasteiger partial charge in [-0.15, -0.1) is 0 Å². The van der Waals surface area contributed by atoms with Crippen LogP contribution in [0.15, 0.2) is 284 Å². The summed E-state index contributed by atoms with van der Waals surface area (Å²) < 4.78 is 10.7. The first-order valence-corrected chi connectivity index (χ1v) is 48.1. The van der Waals surface area contributed by atoms with E-state index in [4.69, 9.17) is 67.1 Å². The van der Waals surface area contributed by atoms with Gasteiger partial charge < -0.3 is 39.2 Å². The molecule has 124 heavy (non-hydrogen) atoms. The summed E-state index contributed by atoms with van der Waals surface area (Å²) in [7, 11) is 2.71. The Hall–Kier alpha value is -6.47. The monoisotopic (exact) mass is 2000 g/mol. The van der Waals surface area contributed by atoms with Crippen LogP contribution in [0.5, 0.6) is 0 Å². The van der Waals surface area contributed by atoms with E-state index in [1.54, 1.807) is 18.2 Å². The Balaban J connectivity index is 0.000000197. The van der Waals surface area contributed by atoms with Crippen LogP contribution in [0.2, 0.25) is 10.0 Å². The van der Waals surface area contributed by atoms with Gasteiger partial charge in [-0.1, -0.05) is 69.5 Å². The van der Waals surface area contributed by atoms with E-state index < -0.39 is 58.5 Å². The van der Waals surface area contributed by atoms with Crippen LogP contribution in [-0.4, -0.2) is 237 Å². The number of carbonyl (C=O) groups is 8. The molecule has 4 saturated heterocycles. The molecule has 16 rings (SSSR count). The van der Waals surface area contributed by atoms with Gasteiger partial charge in [-0.2, -0.15) is 0 Å². The summed E-state index contributed by atoms with van der Waals surface area (Å²) in [4.78, 5) is 122. The Kier molecular flexibility index (Phi) is 43.4. The first-order valence-electron chi connectivity index (χ1n) is 38.6. The molecule has 34 heteroatoms. The fourth-order valence-electron chi connectivity index (χ4n) is 14.5. The average Bonchev–Trinajstić information content (AvgIpc) is 1.37. The number of nitrogens with one attached hydrogen (secondary N) is 8. The van der Waals surface area contributed by atoms with E-state index in [9.17, 15) is 38.4 Å². The van der Waals surface area contributed by atoms with Gasteiger partial charge in [0.2, 0.25) is 0 Å². The standard InChI is InChI=1S/2C27H28N3O3P.C18H16ClNO2.C11H10BrNO2.C6H6BClO2.CHO3.2ClH.2K.Pd/c2*31-25-22(16-19-10-4-1-5-11-19)29-34(26(32)23(28-25)17-20-12-6-2-7-13-20)27(33)24(30-34)18-21-14-8-3-9-15-21;1-2-22-18(21)10-14-11-20-17-7-6-13(9-16(14)17)12-4-3-5-15(19)8-12;1-15-11(14)4-7-6-13-10-3-2-8(12)5-9(7)10;8-6-3-1-2-5(4-6)7(9)10;2-1-4-3;;;;;/h2*1-15,22-24,29-30,34H,16-18H2,(H,28,31);3-9,11,20H,2,10H2,1H3;2-3,5-6,13H,4H2,1H3;1-4,9-10H;3H;2*1H;;;/q;;;;;-1;;;;;+2/p-2. The maximum absolute atomic E-state index is 13.8. The molecule has 11 N–H and O–H groups in total. The zero-order valence-corrected chi connectivity index (χ0v) is 82.3. The third kappa shape index (κ3) is 29.3. The summed E-state index contributed by atoms with van der Waals surface area (Å²) in [6.07, 6.45) is 6.86. The van der Waals surface area contributed by atoms with E-state index >= 15 is 0 Å². The Labute approximate surface area is 839 Å². The van der Waals surface area contributed by atoms with Crippen LogP contribution in [0, 0.1) is 0 Å². The molecular formula is C90H89BBrCl4K2N8O15P2Pd-. The van der Waals surface area contributed by atoms with Crippen molar-refractivity contribution in [3.05, 3.63) is 338 Å². The van der Waals surface area contributed by atoms with Crippen molar-refractivity contribution in [3.8, 4) is 11.1 Å². The van der Waals surface area contributed by atoms with Crippen molar-refractivity contribution in [2.75, 3.05) is 13.7 Å². The van der Waals surface area contributed by atoms with Gasteiger partial charge in [0.25, 0.3) is 0 Å². The van der Waals surface area contributed by atoms with Crippen LogP contribution in [0.4, 0.5) is 0 Å². The van der Waals surface area contributed by atoms with Crippen LogP contribution in [0.1, 0.15) is 51.4 Å². The van der Waals surface area contributed by atoms with E-state index in [1.807, 2.05) is 256 Å². The van der Waals surface area contributed by atoms with E-state index in [1.165, 1.54) is 13.2 Å². The molecule has 4 fully saturated rings. The number of benzene rings is 10. The van der Waals surface area contributed by atoms with Crippen molar-refractivity contribution in [1.82, 2.24) is 41.0 Å². The number of esters is 2. The van der Waals surface area contributed by atoms with Crippen LogP contribution < -0.4 is 36.4 Å². The molecule has 0 bridgehead atoms. The number of aromatic nitrogens is 2. The molecular weight excluding hydrogens is 1910 g/mol. The van der Waals surface area contributed by atoms with E-state index in [2.05, 4.69) is 72.6 Å². The molecule has 2 aromatic heterocycles. The number of H-pyrrole nitrogens is 2. The molecule has 10 aromatic carbocycles. The summed E-state index contributed by atoms with van der Waals surface area (Å²) in [6, 6.07) is 80.6. The predicted molar refractivity (Wildman–Crippen MR) is 494 cm³/mol. The number of methoxy groups -OCH3 is 1. The van der Waals surface area contributed by atoms with Crippen LogP contribution >= 0.6 is 73.3 Å². The van der Waals surface area contributed by atoms with Gasteiger partial charge in [0, 0.05) is 151 Å². The van der Waals surface area contributed by atoms with Gasteiger partial charge in [0.05, 0.1) is 26.6 Å². The Morgan fingerprint density at radius 1 is 0.452 bits per heavy atom. The molecule has 0 aliphatic carbocycles. The van der Waals surface area contributed by atoms with Gasteiger partial charge in [-0.25, -0.2) is 5.26 Å². The first kappa shape index (κ1) is 103. The predicted octanol–water partition coefficient (Wildman–Crippen LogP) is 13.0. The van der Waals surface area contributed by atoms with Gasteiger partial charge in [0.1, 0.15) is 0 Å². The molecule has 6 unspecified atom stereocenters. The van der Waals surface area contributed by atoms with Crippen LogP contribution in [-0.2, 0) is 125 Å². The Morgan fingerprint density at radius 2 is 0.782 bits per heavy atom. The van der Waals surface area contributed by atoms with E-state index in [0.29, 0.717) is 67.1 Å². The second-order valence-electron chi connectivity index (χ2n) is 28.5. The molecule has 2 radical (unpaired) electrons. The number of carbonyl (C=O) groups excluding carboxylic acids is 9. The summed E-state index contributed by atoms with van der Waals surface area (Å²) in [5.74, 6) is -0.931. The Bertz CT molecular complexity index is 5350. The summed E-state index contributed by atoms with van der Waals surface area (Å²) in [6.45, 7) is 2.94. The molecule has 12 aromatic rings. The second kappa shape index (κ2) is 52.3. The SMILES string of the molecule is CCOC(=O)Cc1c[nH]c2ccc(-c3cccc(Cl)c3)cc12.COC(=O)Cc1c[nH]c2ccc(Br)cc12.O=C1NC(Cc2ccccc2)C(=O)[PH]2(NC1Cc1ccccc1)NC(Cc1ccccc1)C2=O.O=C1NC(Cc2ccccc2)C(=O)[PH]2(NC1Cc1ccccc1)NC(Cc1ccccc1)C2=O.O=[C-]OO.OB(O)c1cccc(Cl)c1.[Cl][Pd][Cl].[K].[K]. The molecule has 4 aliphatic rings. The number of fused-ring (bicyclic) bond motifs is 2. The fraction of sp³-hybridized carbons (Fsp3) is 0.189. The topological polar surface area (TPSA) is 346 Å². The van der Waals surface area contributed by atoms with Crippen molar-refractivity contribution in [2.45, 2.75) is 94.5 Å². The van der Waals surface area contributed by atoms with Gasteiger partial charge in [-0.05, 0) is 95.7 Å². The maximum atomic E-state index is 13.8. The number of hydrogen-bond acceptors (Lipinski definition) is 19. The van der Waals surface area contributed by atoms with Gasteiger partial charge in [-0.3, -0.25) is 9.59 Å². The third-order valence-corrected chi connectivity index (χ3v) is 28.8. The smallest absolute Gasteiger partial charge is 0 e. The second-order valence-corrected chi connectivity index (χ2v) is 38.8. The molecule has 640 valence electrons. The average molecular weight is 2000 g/mol. The van der Waals surface area contributed by atoms with Crippen LogP contribution in [0.25, 0.3) is 32.9 Å². The number of ether oxygens (including phenoxy) is 2. The largest absolute Gasteiger partial charge is 0 e. The minimum Gasteiger partial charge on any atom is 0 e. The number of amides is 2. The summed E-state index contributed by atoms with van der Waals surface area (Å²) >= 11 is 14.9. The molecule has 2 spiro atoms. The van der Waals surface area contributed by atoms with Crippen LogP contribution in [0.3, 0.4) is 0 Å². The summed E-state index contributed by atoms with van der Waals surface area (Å²) in [5, 5.41) is 46.7. The number of aromatic amines is 2. The molecule has 4 aliphatic heterocycles. The minimum absolute atomic E-state index is 0.